The monoisotopic (exact) mass is 125 g/mol. The molecular formula is C8H15N. The van der Waals surface area contributed by atoms with Crippen LogP contribution in [-0.2, 0) is 0 Å². The van der Waals surface area contributed by atoms with Crippen LogP contribution in [0.1, 0.15) is 20.8 Å². The van der Waals surface area contributed by atoms with Crippen LogP contribution in [0.5, 0.6) is 0 Å². The van der Waals surface area contributed by atoms with Gasteiger partial charge in [-0.2, -0.15) is 0 Å². The summed E-state index contributed by atoms with van der Waals surface area (Å²) in [7, 11) is 0. The second-order valence-corrected chi connectivity index (χ2v) is 1.25. The highest BCUT2D eigenvalue weighted by Crippen LogP contribution is 1.83. The Kier molecular flexibility index (Phi) is 12.5. The van der Waals surface area contributed by atoms with Gasteiger partial charge >= 0.3 is 0 Å². The third-order valence-corrected chi connectivity index (χ3v) is 0.400. The molecule has 0 heterocycles. The molecule has 0 rings (SSSR count). The van der Waals surface area contributed by atoms with Crippen molar-refractivity contribution in [2.45, 2.75) is 20.8 Å². The molecule has 0 fully saturated rings. The molecule has 0 radical (unpaired) electrons. The molecule has 0 aliphatic rings. The third-order valence-electron chi connectivity index (χ3n) is 0.400. The zero-order valence-electron chi connectivity index (χ0n) is 6.52. The van der Waals surface area contributed by atoms with Crippen LogP contribution in [0.25, 0.3) is 0 Å². The Bertz CT molecular complexity index is 101. The normalized spacial score (nSPS) is 7.89. The fraction of sp³-hybridized carbons (Fsp3) is 0.375. The van der Waals surface area contributed by atoms with Crippen molar-refractivity contribution in [1.29, 1.82) is 0 Å². The van der Waals surface area contributed by atoms with Crippen LogP contribution >= 0.6 is 0 Å². The van der Waals surface area contributed by atoms with Crippen LogP contribution in [0, 0.1) is 0 Å². The number of hydrogen-bond acceptors (Lipinski definition) is 1. The number of aliphatic imine (C=N–C) groups is 1. The highest BCUT2D eigenvalue weighted by atomic mass is 14.7. The molecule has 0 saturated carbocycles. The summed E-state index contributed by atoms with van der Waals surface area (Å²) < 4.78 is 0. The molecule has 0 aliphatic carbocycles. The highest BCUT2D eigenvalue weighted by molar-refractivity contribution is 5.70. The predicted molar refractivity (Wildman–Crippen MR) is 44.9 cm³/mol. The first-order valence-corrected chi connectivity index (χ1v) is 3.08. The summed E-state index contributed by atoms with van der Waals surface area (Å²) >= 11 is 0. The van der Waals surface area contributed by atoms with E-state index in [0.717, 1.165) is 5.70 Å². The molecule has 0 aromatic rings. The molecule has 0 bridgehead atoms. The van der Waals surface area contributed by atoms with Gasteiger partial charge < -0.3 is 0 Å². The molecule has 1 nitrogen and oxygen atoms in total. The van der Waals surface area contributed by atoms with E-state index < -0.39 is 0 Å². The molecule has 0 N–H and O–H groups in total. The average Bonchev–Trinajstić information content (AvgIpc) is 1.88. The van der Waals surface area contributed by atoms with Crippen LogP contribution in [0.2, 0.25) is 0 Å². The molecule has 0 spiro atoms. The van der Waals surface area contributed by atoms with Gasteiger partial charge in [-0.25, -0.2) is 0 Å². The van der Waals surface area contributed by atoms with E-state index in [1.165, 1.54) is 0 Å². The van der Waals surface area contributed by atoms with Crippen molar-refractivity contribution in [2.75, 3.05) is 0 Å². The quantitative estimate of drug-likeness (QED) is 0.503. The Morgan fingerprint density at radius 1 is 1.44 bits per heavy atom. The van der Waals surface area contributed by atoms with Crippen molar-refractivity contribution in [2.24, 2.45) is 4.99 Å². The molecule has 0 aromatic carbocycles. The van der Waals surface area contributed by atoms with Gasteiger partial charge in [-0.1, -0.05) is 33.1 Å². The van der Waals surface area contributed by atoms with Gasteiger partial charge in [0.25, 0.3) is 0 Å². The Balaban J connectivity index is 0. The molecule has 0 saturated heterocycles. The number of rotatable bonds is 2. The first kappa shape index (κ1) is 11.0. The fourth-order valence-corrected chi connectivity index (χ4v) is 0.180. The summed E-state index contributed by atoms with van der Waals surface area (Å²) in [6.07, 6.45) is 3.23. The van der Waals surface area contributed by atoms with Gasteiger partial charge in [0, 0.05) is 11.9 Å². The molecule has 52 valence electrons. The Labute approximate surface area is 57.8 Å². The minimum atomic E-state index is 0.805. The SMILES string of the molecule is C=CC=NC(=C)C.CC. The van der Waals surface area contributed by atoms with E-state index in [4.69, 9.17) is 0 Å². The van der Waals surface area contributed by atoms with Crippen LogP contribution in [0.3, 0.4) is 0 Å². The lowest BCUT2D eigenvalue weighted by molar-refractivity contribution is 1.34. The standard InChI is InChI=1S/C6H9N.C2H6/c1-4-5-7-6(2)3;1-2/h4-5H,1-2H2,3H3;1-2H3. The smallest absolute Gasteiger partial charge is 0.0300 e. The lowest BCUT2D eigenvalue weighted by atomic mass is 10.6. The molecular weight excluding hydrogens is 110 g/mol. The maximum atomic E-state index is 3.81. The van der Waals surface area contributed by atoms with Crippen LogP contribution in [0.4, 0.5) is 0 Å². The number of nitrogens with zero attached hydrogens (tertiary/aromatic N) is 1. The summed E-state index contributed by atoms with van der Waals surface area (Å²) in [5.74, 6) is 0. The van der Waals surface area contributed by atoms with E-state index in [9.17, 15) is 0 Å². The van der Waals surface area contributed by atoms with Gasteiger partial charge in [-0.15, -0.1) is 0 Å². The summed E-state index contributed by atoms with van der Waals surface area (Å²) in [5, 5.41) is 0. The second kappa shape index (κ2) is 10.2. The average molecular weight is 125 g/mol. The van der Waals surface area contributed by atoms with E-state index in [-0.39, 0.29) is 0 Å². The maximum absolute atomic E-state index is 3.81. The zero-order chi connectivity index (χ0) is 7.70. The summed E-state index contributed by atoms with van der Waals surface area (Å²) in [6, 6.07) is 0. The Morgan fingerprint density at radius 3 is 2.00 bits per heavy atom. The summed E-state index contributed by atoms with van der Waals surface area (Å²) in [5.41, 5.74) is 0.805. The lowest BCUT2D eigenvalue weighted by Gasteiger charge is -1.78. The number of hydrogen-bond donors (Lipinski definition) is 0. The molecule has 0 atom stereocenters. The van der Waals surface area contributed by atoms with E-state index in [1.54, 1.807) is 12.3 Å². The van der Waals surface area contributed by atoms with Gasteiger partial charge in [-0.3, -0.25) is 4.99 Å². The van der Waals surface area contributed by atoms with Crippen LogP contribution in [-0.4, -0.2) is 6.21 Å². The van der Waals surface area contributed by atoms with Crippen molar-refractivity contribution in [1.82, 2.24) is 0 Å². The van der Waals surface area contributed by atoms with E-state index >= 15 is 0 Å². The predicted octanol–water partition coefficient (Wildman–Crippen LogP) is 2.80. The molecule has 0 aliphatic heterocycles. The van der Waals surface area contributed by atoms with Crippen molar-refractivity contribution in [3.63, 3.8) is 0 Å². The van der Waals surface area contributed by atoms with Crippen molar-refractivity contribution in [3.8, 4) is 0 Å². The molecule has 9 heavy (non-hydrogen) atoms. The minimum Gasteiger partial charge on any atom is -0.262 e. The van der Waals surface area contributed by atoms with E-state index in [0.29, 0.717) is 0 Å². The largest absolute Gasteiger partial charge is 0.262 e. The van der Waals surface area contributed by atoms with Gasteiger partial charge in [0.05, 0.1) is 0 Å². The first-order chi connectivity index (χ1) is 4.27. The van der Waals surface area contributed by atoms with Gasteiger partial charge in [0.2, 0.25) is 0 Å². The lowest BCUT2D eigenvalue weighted by Crippen LogP contribution is -1.62. The zero-order valence-corrected chi connectivity index (χ0v) is 6.52. The van der Waals surface area contributed by atoms with E-state index in [2.05, 4.69) is 18.2 Å². The molecule has 0 amide bonds. The van der Waals surface area contributed by atoms with Gasteiger partial charge in [0.15, 0.2) is 0 Å². The van der Waals surface area contributed by atoms with Crippen molar-refractivity contribution < 1.29 is 0 Å². The molecule has 0 unspecified atom stereocenters. The topological polar surface area (TPSA) is 12.4 Å². The highest BCUT2D eigenvalue weighted by Gasteiger charge is 1.65. The minimum absolute atomic E-state index is 0.805. The fourth-order valence-electron chi connectivity index (χ4n) is 0.180. The van der Waals surface area contributed by atoms with Gasteiger partial charge in [0.1, 0.15) is 0 Å². The summed E-state index contributed by atoms with van der Waals surface area (Å²) in [6.45, 7) is 12.8. The Hall–Kier alpha value is -0.850. The number of allylic oxidation sites excluding steroid dienone is 2. The van der Waals surface area contributed by atoms with Crippen molar-refractivity contribution >= 4 is 6.21 Å². The Morgan fingerprint density at radius 2 is 1.89 bits per heavy atom. The van der Waals surface area contributed by atoms with Crippen molar-refractivity contribution in [3.05, 3.63) is 24.9 Å². The maximum Gasteiger partial charge on any atom is 0.0300 e. The third kappa shape index (κ3) is 19.1. The second-order valence-electron chi connectivity index (χ2n) is 1.25. The molecule has 0 aromatic heterocycles. The van der Waals surface area contributed by atoms with E-state index in [1.807, 2.05) is 20.8 Å². The van der Waals surface area contributed by atoms with Crippen LogP contribution < -0.4 is 0 Å². The van der Waals surface area contributed by atoms with Gasteiger partial charge in [-0.05, 0) is 6.92 Å². The summed E-state index contributed by atoms with van der Waals surface area (Å²) in [4.78, 5) is 3.81. The van der Waals surface area contributed by atoms with Crippen LogP contribution in [0.15, 0.2) is 29.9 Å². The molecule has 1 heteroatoms. The first-order valence-electron chi connectivity index (χ1n) is 3.08.